The van der Waals surface area contributed by atoms with Gasteiger partial charge in [0.15, 0.2) is 0 Å². The summed E-state index contributed by atoms with van der Waals surface area (Å²) in [7, 11) is 1.59. The van der Waals surface area contributed by atoms with Crippen LogP contribution >= 0.6 is 15.9 Å². The van der Waals surface area contributed by atoms with Crippen molar-refractivity contribution in [1.82, 2.24) is 14.8 Å². The first kappa shape index (κ1) is 17.7. The molecule has 1 aliphatic rings. The number of halogens is 1. The minimum Gasteiger partial charge on any atom is -0.495 e. The Morgan fingerprint density at radius 3 is 2.60 bits per heavy atom. The Balaban J connectivity index is 1.54. The molecule has 1 N–H and O–H groups in total. The number of rotatable bonds is 4. The fourth-order valence-corrected chi connectivity index (χ4v) is 3.19. The number of hydrogen-bond donors (Lipinski definition) is 1. The Morgan fingerprint density at radius 1 is 1.20 bits per heavy atom. The summed E-state index contributed by atoms with van der Waals surface area (Å²) < 4.78 is 6.20. The second-order valence-corrected chi connectivity index (χ2v) is 6.81. The number of piperazine rings is 1. The normalized spacial score (nSPS) is 15.0. The van der Waals surface area contributed by atoms with E-state index in [1.165, 1.54) is 5.56 Å². The highest BCUT2D eigenvalue weighted by molar-refractivity contribution is 9.10. The number of pyridine rings is 1. The number of amides is 2. The van der Waals surface area contributed by atoms with Crippen molar-refractivity contribution in [2.24, 2.45) is 0 Å². The van der Waals surface area contributed by atoms with E-state index in [0.29, 0.717) is 24.5 Å². The number of methoxy groups -OCH3 is 1. The Bertz CT molecular complexity index is 718. The van der Waals surface area contributed by atoms with Crippen LogP contribution in [0.5, 0.6) is 5.75 Å². The van der Waals surface area contributed by atoms with Crippen molar-refractivity contribution in [1.29, 1.82) is 0 Å². The van der Waals surface area contributed by atoms with E-state index in [4.69, 9.17) is 4.74 Å². The summed E-state index contributed by atoms with van der Waals surface area (Å²) in [6, 6.07) is 9.51. The van der Waals surface area contributed by atoms with Crippen LogP contribution in [-0.2, 0) is 6.54 Å². The van der Waals surface area contributed by atoms with E-state index >= 15 is 0 Å². The van der Waals surface area contributed by atoms with Gasteiger partial charge in [-0.2, -0.15) is 0 Å². The van der Waals surface area contributed by atoms with E-state index < -0.39 is 0 Å². The third-order valence-electron chi connectivity index (χ3n) is 4.22. The lowest BCUT2D eigenvalue weighted by molar-refractivity contribution is 0.143. The lowest BCUT2D eigenvalue weighted by Crippen LogP contribution is -2.49. The number of carbonyl (C=O) groups excluding carboxylic acids is 1. The molecular weight excluding hydrogens is 384 g/mol. The molecule has 1 saturated heterocycles. The molecule has 1 fully saturated rings. The number of urea groups is 1. The van der Waals surface area contributed by atoms with Crippen molar-refractivity contribution in [2.45, 2.75) is 6.54 Å². The Morgan fingerprint density at radius 2 is 1.92 bits per heavy atom. The van der Waals surface area contributed by atoms with Crippen molar-refractivity contribution >= 4 is 27.6 Å². The van der Waals surface area contributed by atoms with Crippen LogP contribution in [0.15, 0.2) is 47.2 Å². The van der Waals surface area contributed by atoms with Crippen LogP contribution in [-0.4, -0.2) is 54.1 Å². The van der Waals surface area contributed by atoms with Gasteiger partial charge in [0, 0.05) is 49.6 Å². The molecule has 2 amide bonds. The van der Waals surface area contributed by atoms with Crippen LogP contribution in [0.1, 0.15) is 5.56 Å². The standard InChI is InChI=1S/C18H21BrN4O2/c1-25-17-3-2-15(19)12-16(17)21-18(24)23-10-8-22(9-11-23)13-14-4-6-20-7-5-14/h2-7,12H,8-11,13H2,1H3,(H,21,24). The second-order valence-electron chi connectivity index (χ2n) is 5.89. The second kappa shape index (κ2) is 8.31. The molecule has 0 unspecified atom stereocenters. The first-order valence-electron chi connectivity index (χ1n) is 8.16. The van der Waals surface area contributed by atoms with Gasteiger partial charge in [0.25, 0.3) is 0 Å². The van der Waals surface area contributed by atoms with Gasteiger partial charge >= 0.3 is 6.03 Å². The van der Waals surface area contributed by atoms with Crippen molar-refractivity contribution in [3.8, 4) is 5.75 Å². The maximum absolute atomic E-state index is 12.5. The predicted molar refractivity (Wildman–Crippen MR) is 101 cm³/mol. The molecule has 3 rings (SSSR count). The molecule has 132 valence electrons. The van der Waals surface area contributed by atoms with Gasteiger partial charge < -0.3 is 15.0 Å². The zero-order valence-corrected chi connectivity index (χ0v) is 15.7. The number of aromatic nitrogens is 1. The molecule has 0 atom stereocenters. The highest BCUT2D eigenvalue weighted by atomic mass is 79.9. The fraction of sp³-hybridized carbons (Fsp3) is 0.333. The van der Waals surface area contributed by atoms with Crippen LogP contribution < -0.4 is 10.1 Å². The quantitative estimate of drug-likeness (QED) is 0.849. The molecule has 2 heterocycles. The summed E-state index contributed by atoms with van der Waals surface area (Å²) in [5.74, 6) is 0.646. The van der Waals surface area contributed by atoms with Gasteiger partial charge in [0.05, 0.1) is 12.8 Å². The van der Waals surface area contributed by atoms with Crippen molar-refractivity contribution in [2.75, 3.05) is 38.6 Å². The lowest BCUT2D eigenvalue weighted by atomic mass is 10.2. The molecule has 0 saturated carbocycles. The summed E-state index contributed by atoms with van der Waals surface area (Å²) in [5.41, 5.74) is 1.91. The highest BCUT2D eigenvalue weighted by Gasteiger charge is 2.22. The minimum absolute atomic E-state index is 0.0973. The van der Waals surface area contributed by atoms with Crippen LogP contribution in [0.2, 0.25) is 0 Å². The molecule has 1 aromatic carbocycles. The minimum atomic E-state index is -0.0973. The smallest absolute Gasteiger partial charge is 0.322 e. The lowest BCUT2D eigenvalue weighted by Gasteiger charge is -2.34. The van der Waals surface area contributed by atoms with Gasteiger partial charge in [-0.3, -0.25) is 9.88 Å². The number of anilines is 1. The van der Waals surface area contributed by atoms with Gasteiger partial charge in [0.1, 0.15) is 5.75 Å². The predicted octanol–water partition coefficient (Wildman–Crippen LogP) is 3.20. The van der Waals surface area contributed by atoms with E-state index in [1.54, 1.807) is 7.11 Å². The summed E-state index contributed by atoms with van der Waals surface area (Å²) in [6.07, 6.45) is 3.62. The number of nitrogens with zero attached hydrogens (tertiary/aromatic N) is 3. The molecule has 25 heavy (non-hydrogen) atoms. The molecule has 0 radical (unpaired) electrons. The van der Waals surface area contributed by atoms with Crippen LogP contribution in [0.4, 0.5) is 10.5 Å². The van der Waals surface area contributed by atoms with E-state index in [-0.39, 0.29) is 6.03 Å². The maximum Gasteiger partial charge on any atom is 0.322 e. The van der Waals surface area contributed by atoms with Gasteiger partial charge in [-0.25, -0.2) is 4.79 Å². The largest absolute Gasteiger partial charge is 0.495 e. The molecule has 7 heteroatoms. The van der Waals surface area contributed by atoms with Crippen molar-refractivity contribution < 1.29 is 9.53 Å². The molecule has 1 aromatic heterocycles. The summed E-state index contributed by atoms with van der Waals surface area (Å²) in [5, 5.41) is 2.94. The number of hydrogen-bond acceptors (Lipinski definition) is 4. The SMILES string of the molecule is COc1ccc(Br)cc1NC(=O)N1CCN(Cc2ccncc2)CC1. The fourth-order valence-electron chi connectivity index (χ4n) is 2.83. The van der Waals surface area contributed by atoms with Gasteiger partial charge in [-0.1, -0.05) is 15.9 Å². The molecule has 0 aliphatic carbocycles. The molecule has 6 nitrogen and oxygen atoms in total. The van der Waals surface area contributed by atoms with Gasteiger partial charge in [0.2, 0.25) is 0 Å². The van der Waals surface area contributed by atoms with E-state index in [1.807, 2.05) is 47.6 Å². The average molecular weight is 405 g/mol. The average Bonchev–Trinajstić information content (AvgIpc) is 2.63. The van der Waals surface area contributed by atoms with Crippen LogP contribution in [0, 0.1) is 0 Å². The Labute approximate surface area is 155 Å². The Hall–Kier alpha value is -2.12. The summed E-state index contributed by atoms with van der Waals surface area (Å²) in [4.78, 5) is 20.8. The maximum atomic E-state index is 12.5. The topological polar surface area (TPSA) is 57.7 Å². The third kappa shape index (κ3) is 4.70. The van der Waals surface area contributed by atoms with Crippen molar-refractivity contribution in [3.05, 3.63) is 52.8 Å². The number of ether oxygens (including phenoxy) is 1. The van der Waals surface area contributed by atoms with Crippen molar-refractivity contribution in [3.63, 3.8) is 0 Å². The number of benzene rings is 1. The van der Waals surface area contributed by atoms with Gasteiger partial charge in [-0.15, -0.1) is 0 Å². The first-order valence-corrected chi connectivity index (χ1v) is 8.96. The molecular formula is C18H21BrN4O2. The number of nitrogens with one attached hydrogen (secondary N) is 1. The third-order valence-corrected chi connectivity index (χ3v) is 4.71. The zero-order valence-electron chi connectivity index (χ0n) is 14.1. The number of carbonyl (C=O) groups is 1. The first-order chi connectivity index (χ1) is 12.2. The Kier molecular flexibility index (Phi) is 5.88. The summed E-state index contributed by atoms with van der Waals surface area (Å²) in [6.45, 7) is 3.99. The van der Waals surface area contributed by atoms with E-state index in [0.717, 1.165) is 24.1 Å². The van der Waals surface area contributed by atoms with Crippen LogP contribution in [0.3, 0.4) is 0 Å². The molecule has 0 bridgehead atoms. The van der Waals surface area contributed by atoms with Gasteiger partial charge in [-0.05, 0) is 35.9 Å². The monoisotopic (exact) mass is 404 g/mol. The van der Waals surface area contributed by atoms with E-state index in [2.05, 4.69) is 31.1 Å². The molecule has 2 aromatic rings. The van der Waals surface area contributed by atoms with Crippen LogP contribution in [0.25, 0.3) is 0 Å². The zero-order chi connectivity index (χ0) is 17.6. The molecule has 1 aliphatic heterocycles. The molecule has 0 spiro atoms. The summed E-state index contributed by atoms with van der Waals surface area (Å²) >= 11 is 3.42. The highest BCUT2D eigenvalue weighted by Crippen LogP contribution is 2.28. The van der Waals surface area contributed by atoms with E-state index in [9.17, 15) is 4.79 Å².